The number of hydroxylamine groups is 1. The van der Waals surface area contributed by atoms with E-state index in [9.17, 15) is 17.6 Å². The molecule has 0 atom stereocenters. The van der Waals surface area contributed by atoms with Crippen molar-refractivity contribution in [2.24, 2.45) is 0 Å². The largest absolute Gasteiger partial charge is 0.371 e. The number of amides is 1. The number of rotatable bonds is 7. The van der Waals surface area contributed by atoms with E-state index in [1.807, 2.05) is 24.3 Å². The van der Waals surface area contributed by atoms with Crippen LogP contribution in [-0.2, 0) is 20.6 Å². The molecule has 0 aliphatic carbocycles. The molecule has 1 aliphatic heterocycles. The van der Waals surface area contributed by atoms with Crippen molar-refractivity contribution in [1.29, 1.82) is 0 Å². The van der Waals surface area contributed by atoms with Gasteiger partial charge in [0.15, 0.2) is 0 Å². The molecule has 1 saturated heterocycles. The van der Waals surface area contributed by atoms with Gasteiger partial charge in [-0.05, 0) is 48.2 Å². The van der Waals surface area contributed by atoms with E-state index in [0.29, 0.717) is 31.5 Å². The highest BCUT2D eigenvalue weighted by Gasteiger charge is 2.24. The van der Waals surface area contributed by atoms with Gasteiger partial charge in [-0.25, -0.2) is 23.0 Å². The smallest absolute Gasteiger partial charge is 0.267 e. The molecule has 1 fully saturated rings. The zero-order valence-corrected chi connectivity index (χ0v) is 17.1. The lowest BCUT2D eigenvalue weighted by Crippen LogP contribution is -2.45. The predicted molar refractivity (Wildman–Crippen MR) is 113 cm³/mol. The summed E-state index contributed by atoms with van der Waals surface area (Å²) in [5, 5.41) is 8.62. The van der Waals surface area contributed by atoms with Crippen LogP contribution in [0.3, 0.4) is 0 Å². The third-order valence-electron chi connectivity index (χ3n) is 4.89. The SMILES string of the molecule is O=C(C=Cc1ccccc1N1CCC(NS(=O)(=O)Cc2cccc(F)c2)CC1)NO. The third kappa shape index (κ3) is 6.12. The lowest BCUT2D eigenvalue weighted by atomic mass is 10.0. The van der Waals surface area contributed by atoms with E-state index < -0.39 is 21.7 Å². The van der Waals surface area contributed by atoms with E-state index in [1.165, 1.54) is 24.3 Å². The molecule has 2 aromatic rings. The van der Waals surface area contributed by atoms with E-state index in [4.69, 9.17) is 5.21 Å². The minimum atomic E-state index is -3.58. The quantitative estimate of drug-likeness (QED) is 0.354. The fraction of sp³-hybridized carbons (Fsp3) is 0.286. The fourth-order valence-corrected chi connectivity index (χ4v) is 4.94. The maximum absolute atomic E-state index is 13.3. The van der Waals surface area contributed by atoms with Crippen LogP contribution in [0.2, 0.25) is 0 Å². The molecular weight excluding hydrogens is 409 g/mol. The van der Waals surface area contributed by atoms with Gasteiger partial charge in [0.25, 0.3) is 5.91 Å². The number of nitrogens with zero attached hydrogens (tertiary/aromatic N) is 1. The molecule has 0 aromatic heterocycles. The summed E-state index contributed by atoms with van der Waals surface area (Å²) in [5.41, 5.74) is 3.72. The first-order valence-electron chi connectivity index (χ1n) is 9.57. The molecule has 30 heavy (non-hydrogen) atoms. The summed E-state index contributed by atoms with van der Waals surface area (Å²) in [5.74, 6) is -1.33. The summed E-state index contributed by atoms with van der Waals surface area (Å²) >= 11 is 0. The maximum Gasteiger partial charge on any atom is 0.267 e. The van der Waals surface area contributed by atoms with Crippen LogP contribution in [0.1, 0.15) is 24.0 Å². The molecule has 0 radical (unpaired) electrons. The molecule has 0 unspecified atom stereocenters. The molecule has 2 aromatic carbocycles. The van der Waals surface area contributed by atoms with Crippen molar-refractivity contribution in [3.05, 3.63) is 71.6 Å². The fourth-order valence-electron chi connectivity index (χ4n) is 3.50. The molecule has 3 N–H and O–H groups in total. The van der Waals surface area contributed by atoms with Crippen molar-refractivity contribution < 1.29 is 22.8 Å². The number of halogens is 1. The first kappa shape index (κ1) is 21.9. The molecule has 160 valence electrons. The zero-order valence-electron chi connectivity index (χ0n) is 16.3. The van der Waals surface area contributed by atoms with Crippen LogP contribution in [0, 0.1) is 5.82 Å². The summed E-state index contributed by atoms with van der Waals surface area (Å²) in [6.45, 7) is 1.29. The number of para-hydroxylation sites is 1. The van der Waals surface area contributed by atoms with Crippen LogP contribution in [0.15, 0.2) is 54.6 Å². The Bertz CT molecular complexity index is 1020. The number of hydrogen-bond acceptors (Lipinski definition) is 5. The van der Waals surface area contributed by atoms with Crippen LogP contribution in [0.25, 0.3) is 6.08 Å². The number of carbonyl (C=O) groups is 1. The van der Waals surface area contributed by atoms with E-state index in [2.05, 4.69) is 9.62 Å². The molecule has 0 bridgehead atoms. The van der Waals surface area contributed by atoms with Crippen molar-refractivity contribution in [2.75, 3.05) is 18.0 Å². The second kappa shape index (κ2) is 9.84. The summed E-state index contributed by atoms with van der Waals surface area (Å²) in [6, 6.07) is 12.9. The van der Waals surface area contributed by atoms with Gasteiger partial charge in [-0.3, -0.25) is 10.0 Å². The van der Waals surface area contributed by atoms with Gasteiger partial charge in [-0.1, -0.05) is 30.3 Å². The maximum atomic E-state index is 13.3. The lowest BCUT2D eigenvalue weighted by molar-refractivity contribution is -0.124. The van der Waals surface area contributed by atoms with Gasteiger partial charge in [0.2, 0.25) is 10.0 Å². The second-order valence-electron chi connectivity index (χ2n) is 7.14. The van der Waals surface area contributed by atoms with Gasteiger partial charge in [0.05, 0.1) is 5.75 Å². The molecular formula is C21H24FN3O4S. The van der Waals surface area contributed by atoms with Crippen molar-refractivity contribution in [3.8, 4) is 0 Å². The molecule has 7 nitrogen and oxygen atoms in total. The minimum Gasteiger partial charge on any atom is -0.371 e. The topological polar surface area (TPSA) is 98.7 Å². The van der Waals surface area contributed by atoms with Crippen LogP contribution >= 0.6 is 0 Å². The second-order valence-corrected chi connectivity index (χ2v) is 8.89. The van der Waals surface area contributed by atoms with Crippen LogP contribution in [0.4, 0.5) is 10.1 Å². The molecule has 0 spiro atoms. The predicted octanol–water partition coefficient (Wildman–Crippen LogP) is 2.43. The van der Waals surface area contributed by atoms with Gasteiger partial charge in [0.1, 0.15) is 5.82 Å². The molecule has 1 heterocycles. The van der Waals surface area contributed by atoms with Crippen LogP contribution in [-0.4, -0.2) is 38.7 Å². The Balaban J connectivity index is 1.60. The summed E-state index contributed by atoms with van der Waals surface area (Å²) < 4.78 is 40.9. The van der Waals surface area contributed by atoms with E-state index >= 15 is 0 Å². The van der Waals surface area contributed by atoms with Gasteiger partial charge in [-0.2, -0.15) is 0 Å². The Morgan fingerprint density at radius 1 is 1.17 bits per heavy atom. The molecule has 0 saturated carbocycles. The van der Waals surface area contributed by atoms with Crippen molar-refractivity contribution in [3.63, 3.8) is 0 Å². The summed E-state index contributed by atoms with van der Waals surface area (Å²) in [6.07, 6.45) is 4.11. The summed E-state index contributed by atoms with van der Waals surface area (Å²) in [7, 11) is -3.58. The lowest BCUT2D eigenvalue weighted by Gasteiger charge is -2.34. The molecule has 9 heteroatoms. The van der Waals surface area contributed by atoms with E-state index in [1.54, 1.807) is 17.6 Å². The van der Waals surface area contributed by atoms with E-state index in [-0.39, 0.29) is 11.8 Å². The van der Waals surface area contributed by atoms with Gasteiger partial charge >= 0.3 is 0 Å². The average molecular weight is 434 g/mol. The molecule has 1 amide bonds. The van der Waals surface area contributed by atoms with Crippen LogP contribution in [0.5, 0.6) is 0 Å². The number of nitrogens with one attached hydrogen (secondary N) is 2. The number of benzene rings is 2. The van der Waals surface area contributed by atoms with Crippen molar-refractivity contribution in [2.45, 2.75) is 24.6 Å². The van der Waals surface area contributed by atoms with E-state index in [0.717, 1.165) is 11.3 Å². The number of anilines is 1. The zero-order chi connectivity index (χ0) is 21.6. The average Bonchev–Trinajstić information content (AvgIpc) is 2.72. The van der Waals surface area contributed by atoms with Gasteiger partial charge in [0, 0.05) is 30.9 Å². The number of piperidine rings is 1. The Kier molecular flexibility index (Phi) is 7.20. The Labute approximate surface area is 175 Å². The first-order valence-corrected chi connectivity index (χ1v) is 11.2. The normalized spacial score (nSPS) is 15.5. The Morgan fingerprint density at radius 3 is 2.60 bits per heavy atom. The molecule has 3 rings (SSSR count). The third-order valence-corrected chi connectivity index (χ3v) is 6.29. The van der Waals surface area contributed by atoms with Crippen LogP contribution < -0.4 is 15.1 Å². The van der Waals surface area contributed by atoms with Gasteiger partial charge in [-0.15, -0.1) is 0 Å². The number of hydrogen-bond donors (Lipinski definition) is 3. The standard InChI is InChI=1S/C21H24FN3O4S/c22-18-6-3-4-16(14-18)15-30(28,29)24-19-10-12-25(13-11-19)20-7-2-1-5-17(20)8-9-21(26)23-27/h1-9,14,19,24,27H,10-13,15H2,(H,23,26). The number of carbonyl (C=O) groups excluding carboxylic acids is 1. The number of sulfonamides is 1. The molecule has 1 aliphatic rings. The Hall–Kier alpha value is -2.75. The highest BCUT2D eigenvalue weighted by atomic mass is 32.2. The van der Waals surface area contributed by atoms with Crippen molar-refractivity contribution >= 4 is 27.7 Å². The monoisotopic (exact) mass is 433 g/mol. The highest BCUT2D eigenvalue weighted by Crippen LogP contribution is 2.25. The van der Waals surface area contributed by atoms with Gasteiger partial charge < -0.3 is 4.90 Å². The van der Waals surface area contributed by atoms with Crippen molar-refractivity contribution in [1.82, 2.24) is 10.2 Å². The summed E-state index contributed by atoms with van der Waals surface area (Å²) in [4.78, 5) is 13.4. The minimum absolute atomic E-state index is 0.192. The first-order chi connectivity index (χ1) is 14.4. The Morgan fingerprint density at radius 2 is 1.90 bits per heavy atom. The highest BCUT2D eigenvalue weighted by molar-refractivity contribution is 7.88.